The Morgan fingerprint density at radius 2 is 2.10 bits per heavy atom. The summed E-state index contributed by atoms with van der Waals surface area (Å²) < 4.78 is 28.1. The number of aryl methyl sites for hydroxylation is 1. The second kappa shape index (κ2) is 6.85. The molecule has 1 heterocycles. The first-order chi connectivity index (χ1) is 9.99. The van der Waals surface area contributed by atoms with Gasteiger partial charge in [0.25, 0.3) is 0 Å². The fraction of sp³-hybridized carbons (Fsp3) is 0.400. The van der Waals surface area contributed by atoms with E-state index in [1.54, 1.807) is 30.5 Å². The zero-order valence-corrected chi connectivity index (χ0v) is 14.5. The average molecular weight is 371 g/mol. The Balaban J connectivity index is 2.48. The molecule has 2 rings (SSSR count). The fourth-order valence-corrected chi connectivity index (χ4v) is 4.39. The molecule has 0 saturated carbocycles. The number of pyridine rings is 1. The topological polar surface area (TPSA) is 59.1 Å². The van der Waals surface area contributed by atoms with E-state index in [9.17, 15) is 8.42 Å². The minimum Gasteiger partial charge on any atom is -0.256 e. The van der Waals surface area contributed by atoms with Crippen molar-refractivity contribution >= 4 is 36.9 Å². The number of benzene rings is 1. The first kappa shape index (κ1) is 16.4. The minimum atomic E-state index is -3.55. The number of fused-ring (bicyclic) bond motifs is 1. The molecule has 0 aliphatic rings. The van der Waals surface area contributed by atoms with Crippen LogP contribution in [-0.4, -0.2) is 24.8 Å². The maximum absolute atomic E-state index is 12.6. The first-order valence-corrected chi connectivity index (χ1v) is 9.52. The molecule has 21 heavy (non-hydrogen) atoms. The predicted molar refractivity (Wildman–Crippen MR) is 89.3 cm³/mol. The molecule has 0 spiro atoms. The highest BCUT2D eigenvalue weighted by Crippen LogP contribution is 2.24. The third-order valence-corrected chi connectivity index (χ3v) is 5.53. The van der Waals surface area contributed by atoms with Crippen LogP contribution in [0.3, 0.4) is 0 Å². The van der Waals surface area contributed by atoms with Gasteiger partial charge in [0, 0.05) is 23.0 Å². The van der Waals surface area contributed by atoms with Crippen molar-refractivity contribution in [3.8, 4) is 0 Å². The Morgan fingerprint density at radius 1 is 1.33 bits per heavy atom. The number of nitrogens with one attached hydrogen (secondary N) is 1. The molecule has 0 amide bonds. The molecule has 2 aromatic rings. The zero-order valence-electron chi connectivity index (χ0n) is 12.1. The molecular formula is C15H19BrN2O2S. The van der Waals surface area contributed by atoms with Gasteiger partial charge in [-0.2, -0.15) is 0 Å². The SMILES string of the molecule is CCC(CCBr)NS(=O)(=O)c1ccc(C)c2ncccc12. The molecule has 0 saturated heterocycles. The first-order valence-electron chi connectivity index (χ1n) is 6.92. The van der Waals surface area contributed by atoms with Crippen LogP contribution in [0, 0.1) is 6.92 Å². The molecule has 6 heteroatoms. The lowest BCUT2D eigenvalue weighted by Gasteiger charge is -2.17. The predicted octanol–water partition coefficient (Wildman–Crippen LogP) is 3.39. The van der Waals surface area contributed by atoms with Gasteiger partial charge in [-0.1, -0.05) is 28.9 Å². The Hall–Kier alpha value is -0.980. The standard InChI is InChI=1S/C15H19BrN2O2S/c1-3-12(8-9-16)18-21(19,20)14-7-6-11(2)15-13(14)5-4-10-17-15/h4-7,10,12,18H,3,8-9H2,1-2H3. The number of alkyl halides is 1. The van der Waals surface area contributed by atoms with Crippen LogP contribution in [0.5, 0.6) is 0 Å². The monoisotopic (exact) mass is 370 g/mol. The highest BCUT2D eigenvalue weighted by molar-refractivity contribution is 9.09. The molecule has 1 N–H and O–H groups in total. The molecule has 0 radical (unpaired) electrons. The van der Waals surface area contributed by atoms with E-state index in [0.717, 1.165) is 29.3 Å². The number of sulfonamides is 1. The van der Waals surface area contributed by atoms with Crippen molar-refractivity contribution < 1.29 is 8.42 Å². The molecule has 1 unspecified atom stereocenters. The van der Waals surface area contributed by atoms with Crippen LogP contribution in [0.1, 0.15) is 25.3 Å². The van der Waals surface area contributed by atoms with E-state index in [2.05, 4.69) is 25.6 Å². The van der Waals surface area contributed by atoms with E-state index in [-0.39, 0.29) is 6.04 Å². The number of nitrogens with zero attached hydrogens (tertiary/aromatic N) is 1. The van der Waals surface area contributed by atoms with Crippen LogP contribution in [0.4, 0.5) is 0 Å². The smallest absolute Gasteiger partial charge is 0.241 e. The molecular weight excluding hydrogens is 352 g/mol. The molecule has 4 nitrogen and oxygen atoms in total. The Morgan fingerprint density at radius 3 is 2.76 bits per heavy atom. The fourth-order valence-electron chi connectivity index (χ4n) is 2.28. The summed E-state index contributed by atoms with van der Waals surface area (Å²) in [5, 5.41) is 1.43. The van der Waals surface area contributed by atoms with Gasteiger partial charge in [0.15, 0.2) is 0 Å². The quantitative estimate of drug-likeness (QED) is 0.792. The van der Waals surface area contributed by atoms with Gasteiger partial charge in [0.2, 0.25) is 10.0 Å². The largest absolute Gasteiger partial charge is 0.256 e. The summed E-state index contributed by atoms with van der Waals surface area (Å²) in [5.74, 6) is 0. The van der Waals surface area contributed by atoms with E-state index < -0.39 is 10.0 Å². The van der Waals surface area contributed by atoms with Gasteiger partial charge in [-0.05, 0) is 43.5 Å². The second-order valence-electron chi connectivity index (χ2n) is 4.98. The summed E-state index contributed by atoms with van der Waals surface area (Å²) in [6.45, 7) is 3.91. The van der Waals surface area contributed by atoms with E-state index in [0.29, 0.717) is 10.3 Å². The summed E-state index contributed by atoms with van der Waals surface area (Å²) in [6, 6.07) is 6.95. The third kappa shape index (κ3) is 3.62. The van der Waals surface area contributed by atoms with Crippen LogP contribution in [0.25, 0.3) is 10.9 Å². The average Bonchev–Trinajstić information content (AvgIpc) is 2.47. The Bertz CT molecular complexity index is 732. The van der Waals surface area contributed by atoms with Crippen LogP contribution < -0.4 is 4.72 Å². The molecule has 0 fully saturated rings. The summed E-state index contributed by atoms with van der Waals surface area (Å²) in [4.78, 5) is 4.59. The highest BCUT2D eigenvalue weighted by Gasteiger charge is 2.21. The van der Waals surface area contributed by atoms with Crippen LogP contribution in [0.15, 0.2) is 35.4 Å². The Labute approximate surface area is 134 Å². The maximum Gasteiger partial charge on any atom is 0.241 e. The van der Waals surface area contributed by atoms with Gasteiger partial charge in [0.1, 0.15) is 0 Å². The summed E-state index contributed by atoms with van der Waals surface area (Å²) in [6.07, 6.45) is 3.20. The van der Waals surface area contributed by atoms with Gasteiger partial charge in [-0.3, -0.25) is 4.98 Å². The maximum atomic E-state index is 12.6. The molecule has 1 aromatic heterocycles. The normalized spacial score (nSPS) is 13.5. The lowest BCUT2D eigenvalue weighted by molar-refractivity contribution is 0.533. The van der Waals surface area contributed by atoms with Gasteiger partial charge in [0.05, 0.1) is 10.4 Å². The molecule has 114 valence electrons. The van der Waals surface area contributed by atoms with Crippen molar-refractivity contribution in [3.63, 3.8) is 0 Å². The summed E-state index contributed by atoms with van der Waals surface area (Å²) in [5.41, 5.74) is 1.70. The van der Waals surface area contributed by atoms with Crippen molar-refractivity contribution in [3.05, 3.63) is 36.0 Å². The summed E-state index contributed by atoms with van der Waals surface area (Å²) in [7, 11) is -3.55. The van der Waals surface area contributed by atoms with Gasteiger partial charge in [-0.15, -0.1) is 0 Å². The number of halogens is 1. The van der Waals surface area contributed by atoms with Gasteiger partial charge in [-0.25, -0.2) is 13.1 Å². The zero-order chi connectivity index (χ0) is 15.5. The molecule has 1 aromatic carbocycles. The highest BCUT2D eigenvalue weighted by atomic mass is 79.9. The van der Waals surface area contributed by atoms with Crippen molar-refractivity contribution in [2.24, 2.45) is 0 Å². The van der Waals surface area contributed by atoms with Crippen LogP contribution in [-0.2, 0) is 10.0 Å². The van der Waals surface area contributed by atoms with E-state index in [4.69, 9.17) is 0 Å². The van der Waals surface area contributed by atoms with Crippen LogP contribution >= 0.6 is 15.9 Å². The summed E-state index contributed by atoms with van der Waals surface area (Å²) >= 11 is 3.36. The van der Waals surface area contributed by atoms with Gasteiger partial charge >= 0.3 is 0 Å². The molecule has 0 aliphatic heterocycles. The van der Waals surface area contributed by atoms with Crippen molar-refractivity contribution in [2.75, 3.05) is 5.33 Å². The van der Waals surface area contributed by atoms with E-state index in [1.807, 2.05) is 13.8 Å². The van der Waals surface area contributed by atoms with Crippen molar-refractivity contribution in [1.29, 1.82) is 0 Å². The lowest BCUT2D eigenvalue weighted by atomic mass is 10.1. The molecule has 0 aliphatic carbocycles. The number of rotatable bonds is 6. The van der Waals surface area contributed by atoms with Crippen molar-refractivity contribution in [2.45, 2.75) is 37.6 Å². The Kier molecular flexibility index (Phi) is 5.35. The van der Waals surface area contributed by atoms with Crippen molar-refractivity contribution in [1.82, 2.24) is 9.71 Å². The number of hydrogen-bond donors (Lipinski definition) is 1. The molecule has 1 atom stereocenters. The van der Waals surface area contributed by atoms with E-state index in [1.165, 1.54) is 0 Å². The number of hydrogen-bond acceptors (Lipinski definition) is 3. The van der Waals surface area contributed by atoms with E-state index >= 15 is 0 Å². The van der Waals surface area contributed by atoms with Gasteiger partial charge < -0.3 is 0 Å². The second-order valence-corrected chi connectivity index (χ2v) is 7.46. The number of aromatic nitrogens is 1. The minimum absolute atomic E-state index is 0.0672. The lowest BCUT2D eigenvalue weighted by Crippen LogP contribution is -2.34. The van der Waals surface area contributed by atoms with Crippen LogP contribution in [0.2, 0.25) is 0 Å². The third-order valence-electron chi connectivity index (χ3n) is 3.49. The molecule has 0 bridgehead atoms.